The number of ether oxygens (including phenoxy) is 1. The minimum absolute atomic E-state index is 0.0219. The largest absolute Gasteiger partial charge is 0.500 e. The van der Waals surface area contributed by atoms with Crippen molar-refractivity contribution >= 4 is 18.6 Å². The molecular formula is C14H22BNO5. The molecule has 1 aliphatic heterocycles. The quantitative estimate of drug-likeness (QED) is 0.617. The zero-order chi connectivity index (χ0) is 15.8. The third kappa shape index (κ3) is 2.99. The van der Waals surface area contributed by atoms with Crippen molar-refractivity contribution in [3.05, 3.63) is 11.5 Å². The van der Waals surface area contributed by atoms with Gasteiger partial charge >= 0.3 is 13.1 Å². The van der Waals surface area contributed by atoms with Crippen LogP contribution in [-0.4, -0.2) is 36.1 Å². The van der Waals surface area contributed by atoms with Gasteiger partial charge in [0.2, 0.25) is 0 Å². The molecule has 1 aromatic rings. The van der Waals surface area contributed by atoms with Gasteiger partial charge in [-0.25, -0.2) is 0 Å². The Labute approximate surface area is 125 Å². The Bertz CT molecular complexity index is 521. The van der Waals surface area contributed by atoms with E-state index in [2.05, 4.69) is 5.16 Å². The van der Waals surface area contributed by atoms with Crippen molar-refractivity contribution in [3.63, 3.8) is 0 Å². The van der Waals surface area contributed by atoms with Gasteiger partial charge in [0.25, 0.3) is 0 Å². The van der Waals surface area contributed by atoms with Crippen LogP contribution in [0, 0.1) is 6.92 Å². The number of rotatable bonds is 4. The molecule has 1 aliphatic rings. The van der Waals surface area contributed by atoms with Gasteiger partial charge < -0.3 is 18.6 Å². The molecule has 6 nitrogen and oxygen atoms in total. The molecule has 21 heavy (non-hydrogen) atoms. The summed E-state index contributed by atoms with van der Waals surface area (Å²) in [5.41, 5.74) is 0.431. The van der Waals surface area contributed by atoms with Crippen LogP contribution in [0.25, 0.3) is 0 Å². The van der Waals surface area contributed by atoms with Crippen LogP contribution in [0.3, 0.4) is 0 Å². The molecule has 0 N–H and O–H groups in total. The van der Waals surface area contributed by atoms with E-state index in [1.54, 1.807) is 13.8 Å². The summed E-state index contributed by atoms with van der Waals surface area (Å²) in [6.07, 6.45) is 0.0219. The second kappa shape index (κ2) is 5.46. The van der Waals surface area contributed by atoms with E-state index in [9.17, 15) is 4.79 Å². The molecule has 2 rings (SSSR count). The lowest BCUT2D eigenvalue weighted by atomic mass is 9.77. The van der Waals surface area contributed by atoms with Crippen molar-refractivity contribution in [2.75, 3.05) is 6.61 Å². The minimum Gasteiger partial charge on any atom is -0.466 e. The van der Waals surface area contributed by atoms with Gasteiger partial charge in [-0.1, -0.05) is 5.16 Å². The van der Waals surface area contributed by atoms with Gasteiger partial charge in [0, 0.05) is 5.46 Å². The first kappa shape index (κ1) is 16.0. The second-order valence-electron chi connectivity index (χ2n) is 6.17. The molecule has 1 saturated heterocycles. The van der Waals surface area contributed by atoms with E-state index >= 15 is 0 Å². The van der Waals surface area contributed by atoms with Crippen LogP contribution in [0.4, 0.5) is 0 Å². The van der Waals surface area contributed by atoms with Crippen molar-refractivity contribution in [1.82, 2.24) is 5.16 Å². The van der Waals surface area contributed by atoms with E-state index in [4.69, 9.17) is 18.6 Å². The Morgan fingerprint density at radius 3 is 2.33 bits per heavy atom. The highest BCUT2D eigenvalue weighted by Crippen LogP contribution is 2.36. The van der Waals surface area contributed by atoms with Gasteiger partial charge in [-0.2, -0.15) is 0 Å². The molecule has 0 saturated carbocycles. The molecule has 0 amide bonds. The zero-order valence-electron chi connectivity index (χ0n) is 13.5. The third-order valence-electron chi connectivity index (χ3n) is 4.08. The zero-order valence-corrected chi connectivity index (χ0v) is 13.5. The highest BCUT2D eigenvalue weighted by Gasteiger charge is 2.53. The Hall–Kier alpha value is -1.34. The van der Waals surface area contributed by atoms with Gasteiger partial charge in [0.1, 0.15) is 12.2 Å². The average Bonchev–Trinajstić information content (AvgIpc) is 2.78. The fourth-order valence-corrected chi connectivity index (χ4v) is 2.16. The van der Waals surface area contributed by atoms with E-state index in [1.807, 2.05) is 27.7 Å². The molecule has 1 aromatic heterocycles. The maximum Gasteiger partial charge on any atom is 0.500 e. The molecular weight excluding hydrogens is 273 g/mol. The summed E-state index contributed by atoms with van der Waals surface area (Å²) in [5, 5.41) is 3.93. The van der Waals surface area contributed by atoms with Crippen LogP contribution in [0.15, 0.2) is 4.52 Å². The summed E-state index contributed by atoms with van der Waals surface area (Å²) in [4.78, 5) is 11.7. The number of aromatic nitrogens is 1. The molecule has 0 atom stereocenters. The first-order valence-electron chi connectivity index (χ1n) is 7.14. The minimum atomic E-state index is -0.592. The van der Waals surface area contributed by atoms with E-state index in [1.165, 1.54) is 0 Å². The molecule has 0 radical (unpaired) electrons. The van der Waals surface area contributed by atoms with Crippen molar-refractivity contribution < 1.29 is 23.4 Å². The molecule has 0 aromatic carbocycles. The van der Waals surface area contributed by atoms with Crippen LogP contribution >= 0.6 is 0 Å². The van der Waals surface area contributed by atoms with Gasteiger partial charge in [-0.3, -0.25) is 4.79 Å². The lowest BCUT2D eigenvalue weighted by molar-refractivity contribution is -0.142. The molecule has 7 heteroatoms. The number of hydrogen-bond donors (Lipinski definition) is 0. The molecule has 0 spiro atoms. The van der Waals surface area contributed by atoms with Crippen molar-refractivity contribution in [2.24, 2.45) is 0 Å². The van der Waals surface area contributed by atoms with Crippen LogP contribution in [0.5, 0.6) is 0 Å². The highest BCUT2D eigenvalue weighted by molar-refractivity contribution is 6.63. The summed E-state index contributed by atoms with van der Waals surface area (Å²) in [5.74, 6) is 0.0795. The van der Waals surface area contributed by atoms with Crippen LogP contribution in [0.2, 0.25) is 0 Å². The second-order valence-corrected chi connectivity index (χ2v) is 6.17. The first-order valence-corrected chi connectivity index (χ1v) is 7.14. The average molecular weight is 295 g/mol. The van der Waals surface area contributed by atoms with Crippen LogP contribution in [-0.2, 0) is 25.3 Å². The standard InChI is InChI=1S/C14H22BNO5/c1-7-18-11(17)8-10-12(9(2)16-19-10)15-20-13(3,4)14(5,6)21-15/h7-8H2,1-6H3. The number of nitrogens with zero attached hydrogens (tertiary/aromatic N) is 1. The maximum absolute atomic E-state index is 11.7. The molecule has 0 aliphatic carbocycles. The molecule has 116 valence electrons. The topological polar surface area (TPSA) is 70.8 Å². The number of hydrogen-bond acceptors (Lipinski definition) is 6. The van der Waals surface area contributed by atoms with E-state index in [-0.39, 0.29) is 12.4 Å². The SMILES string of the molecule is CCOC(=O)Cc1onc(C)c1B1OC(C)(C)C(C)(C)O1. The number of esters is 1. The molecule has 0 unspecified atom stereocenters. The predicted molar refractivity (Wildman–Crippen MR) is 77.3 cm³/mol. The Morgan fingerprint density at radius 2 is 1.81 bits per heavy atom. The van der Waals surface area contributed by atoms with Gasteiger partial charge in [-0.05, 0) is 41.5 Å². The van der Waals surface area contributed by atoms with Crippen LogP contribution in [0.1, 0.15) is 46.1 Å². The van der Waals surface area contributed by atoms with E-state index in [0.717, 1.165) is 0 Å². The third-order valence-corrected chi connectivity index (χ3v) is 4.08. The lowest BCUT2D eigenvalue weighted by Crippen LogP contribution is -2.41. The van der Waals surface area contributed by atoms with Crippen LogP contribution < -0.4 is 5.46 Å². The fourth-order valence-electron chi connectivity index (χ4n) is 2.16. The van der Waals surface area contributed by atoms with Crippen molar-refractivity contribution in [1.29, 1.82) is 0 Å². The first-order chi connectivity index (χ1) is 9.68. The Kier molecular flexibility index (Phi) is 4.17. The Morgan fingerprint density at radius 1 is 1.24 bits per heavy atom. The van der Waals surface area contributed by atoms with E-state index in [0.29, 0.717) is 23.5 Å². The van der Waals surface area contributed by atoms with E-state index < -0.39 is 18.3 Å². The smallest absolute Gasteiger partial charge is 0.466 e. The summed E-state index contributed by atoms with van der Waals surface area (Å²) < 4.78 is 22.2. The number of carbonyl (C=O) groups excluding carboxylic acids is 1. The monoisotopic (exact) mass is 295 g/mol. The maximum atomic E-state index is 11.7. The number of aryl methyl sites for hydroxylation is 1. The Balaban J connectivity index is 2.25. The van der Waals surface area contributed by atoms with Gasteiger partial charge in [-0.15, -0.1) is 0 Å². The van der Waals surface area contributed by atoms with Gasteiger partial charge in [0.05, 0.1) is 23.5 Å². The van der Waals surface area contributed by atoms with Crippen molar-refractivity contribution in [2.45, 2.75) is 59.2 Å². The molecule has 2 heterocycles. The molecule has 0 bridgehead atoms. The predicted octanol–water partition coefficient (Wildman–Crippen LogP) is 1.39. The highest BCUT2D eigenvalue weighted by atomic mass is 16.7. The van der Waals surface area contributed by atoms with Gasteiger partial charge in [0.15, 0.2) is 0 Å². The lowest BCUT2D eigenvalue weighted by Gasteiger charge is -2.32. The summed E-state index contributed by atoms with van der Waals surface area (Å²) in [6, 6.07) is 0. The van der Waals surface area contributed by atoms with Crippen molar-refractivity contribution in [3.8, 4) is 0 Å². The normalized spacial score (nSPS) is 19.8. The summed E-state index contributed by atoms with van der Waals surface area (Å²) in [6.45, 7) is 11.8. The molecule has 1 fully saturated rings. The number of carbonyl (C=O) groups is 1. The fraction of sp³-hybridized carbons (Fsp3) is 0.714. The summed E-state index contributed by atoms with van der Waals surface area (Å²) in [7, 11) is -0.592. The summed E-state index contributed by atoms with van der Waals surface area (Å²) >= 11 is 0.